The smallest absolute Gasteiger partial charge is 0.265 e. The minimum Gasteiger partial charge on any atom is -0.485 e. The van der Waals surface area contributed by atoms with Crippen molar-refractivity contribution in [3.8, 4) is 5.75 Å². The fourth-order valence-corrected chi connectivity index (χ4v) is 3.23. The predicted molar refractivity (Wildman–Crippen MR) is 95.2 cm³/mol. The number of aromatic nitrogens is 2. The largest absolute Gasteiger partial charge is 0.485 e. The lowest BCUT2D eigenvalue weighted by molar-refractivity contribution is 0.305. The van der Waals surface area contributed by atoms with Crippen molar-refractivity contribution in [1.82, 2.24) is 9.55 Å². The summed E-state index contributed by atoms with van der Waals surface area (Å²) in [5.74, 6) is 0.570. The van der Waals surface area contributed by atoms with E-state index in [2.05, 4.69) is 20.9 Å². The molecular formula is C17H14BrClN2O2. The van der Waals surface area contributed by atoms with Crippen molar-refractivity contribution >= 4 is 38.4 Å². The molecule has 0 atom stereocenters. The normalized spacial score (nSPS) is 11.0. The third-order valence-electron chi connectivity index (χ3n) is 3.63. The SMILES string of the molecule is Cc1nc(Cl)c2cc(Br)c(=O)n(C)c2c1OCc1ccccc1. The molecule has 0 aliphatic heterocycles. The van der Waals surface area contributed by atoms with Crippen LogP contribution in [0.15, 0.2) is 45.7 Å². The summed E-state index contributed by atoms with van der Waals surface area (Å²) in [5, 5.41) is 1.02. The average Bonchev–Trinajstić information content (AvgIpc) is 2.54. The molecule has 2 heterocycles. The molecule has 0 unspecified atom stereocenters. The van der Waals surface area contributed by atoms with E-state index < -0.39 is 0 Å². The van der Waals surface area contributed by atoms with Gasteiger partial charge in [-0.2, -0.15) is 0 Å². The molecule has 3 aromatic rings. The van der Waals surface area contributed by atoms with Gasteiger partial charge in [-0.3, -0.25) is 4.79 Å². The Morgan fingerprint density at radius 1 is 1.30 bits per heavy atom. The standard InChI is InChI=1S/C17H14BrClN2O2/c1-10-15(23-9-11-6-4-3-5-7-11)14-12(16(19)20-10)8-13(18)17(22)21(14)2/h3-8H,9H2,1-2H3. The summed E-state index contributed by atoms with van der Waals surface area (Å²) in [5.41, 5.74) is 2.18. The van der Waals surface area contributed by atoms with E-state index in [1.807, 2.05) is 37.3 Å². The van der Waals surface area contributed by atoms with Gasteiger partial charge in [0.25, 0.3) is 5.56 Å². The molecule has 0 aliphatic carbocycles. The molecule has 0 fully saturated rings. The van der Waals surface area contributed by atoms with Gasteiger partial charge in [0.2, 0.25) is 0 Å². The Bertz CT molecular complexity index is 939. The molecule has 0 bridgehead atoms. The Labute approximate surface area is 146 Å². The van der Waals surface area contributed by atoms with Gasteiger partial charge in [-0.05, 0) is 34.5 Å². The number of rotatable bonds is 3. The van der Waals surface area contributed by atoms with Crippen LogP contribution in [0.4, 0.5) is 0 Å². The van der Waals surface area contributed by atoms with E-state index in [9.17, 15) is 4.79 Å². The minimum atomic E-state index is -0.149. The van der Waals surface area contributed by atoms with Crippen LogP contribution in [-0.2, 0) is 13.7 Å². The zero-order valence-electron chi connectivity index (χ0n) is 12.6. The molecule has 118 valence electrons. The predicted octanol–water partition coefficient (Wildman–Crippen LogP) is 4.24. The number of hydrogen-bond donors (Lipinski definition) is 0. The van der Waals surface area contributed by atoms with Crippen molar-refractivity contribution in [3.63, 3.8) is 0 Å². The lowest BCUT2D eigenvalue weighted by atomic mass is 10.2. The molecule has 0 radical (unpaired) electrons. The van der Waals surface area contributed by atoms with E-state index in [4.69, 9.17) is 16.3 Å². The van der Waals surface area contributed by atoms with Crippen molar-refractivity contribution in [2.24, 2.45) is 7.05 Å². The molecule has 2 aromatic heterocycles. The van der Waals surface area contributed by atoms with Crippen molar-refractivity contribution in [3.05, 3.63) is 67.6 Å². The summed E-state index contributed by atoms with van der Waals surface area (Å²) >= 11 is 9.50. The van der Waals surface area contributed by atoms with E-state index in [0.717, 1.165) is 5.56 Å². The number of aryl methyl sites for hydroxylation is 2. The van der Waals surface area contributed by atoms with E-state index in [1.165, 1.54) is 4.57 Å². The summed E-state index contributed by atoms with van der Waals surface area (Å²) in [6.45, 7) is 2.21. The van der Waals surface area contributed by atoms with Gasteiger partial charge in [-0.1, -0.05) is 41.9 Å². The molecule has 1 aromatic carbocycles. The first-order valence-corrected chi connectivity index (χ1v) is 8.18. The maximum Gasteiger partial charge on any atom is 0.265 e. The molecule has 0 saturated heterocycles. The number of benzene rings is 1. The topological polar surface area (TPSA) is 44.1 Å². The second-order valence-electron chi connectivity index (χ2n) is 5.21. The molecule has 0 saturated carbocycles. The maximum absolute atomic E-state index is 12.2. The van der Waals surface area contributed by atoms with Gasteiger partial charge < -0.3 is 9.30 Å². The van der Waals surface area contributed by atoms with Crippen molar-refractivity contribution in [1.29, 1.82) is 0 Å². The molecule has 0 aliphatic rings. The molecule has 0 spiro atoms. The number of ether oxygens (including phenoxy) is 1. The van der Waals surface area contributed by atoms with Crippen LogP contribution >= 0.6 is 27.5 Å². The van der Waals surface area contributed by atoms with Gasteiger partial charge in [-0.15, -0.1) is 0 Å². The number of fused-ring (bicyclic) bond motifs is 1. The Kier molecular flexibility index (Phi) is 4.41. The zero-order chi connectivity index (χ0) is 16.6. The number of hydrogen-bond acceptors (Lipinski definition) is 3. The highest BCUT2D eigenvalue weighted by molar-refractivity contribution is 9.10. The first kappa shape index (κ1) is 16.0. The molecule has 3 rings (SSSR count). The van der Waals surface area contributed by atoms with Gasteiger partial charge in [-0.25, -0.2) is 4.98 Å². The number of pyridine rings is 2. The lowest BCUT2D eigenvalue weighted by Gasteiger charge is -2.15. The summed E-state index contributed by atoms with van der Waals surface area (Å²) in [7, 11) is 1.70. The van der Waals surface area contributed by atoms with Crippen LogP contribution in [0, 0.1) is 6.92 Å². The van der Waals surface area contributed by atoms with Crippen LogP contribution in [0.3, 0.4) is 0 Å². The zero-order valence-corrected chi connectivity index (χ0v) is 15.0. The van der Waals surface area contributed by atoms with Gasteiger partial charge >= 0.3 is 0 Å². The summed E-state index contributed by atoms with van der Waals surface area (Å²) in [6, 6.07) is 11.5. The Balaban J connectivity index is 2.16. The van der Waals surface area contributed by atoms with Crippen molar-refractivity contribution in [2.75, 3.05) is 0 Å². The van der Waals surface area contributed by atoms with Gasteiger partial charge in [0.05, 0.1) is 15.7 Å². The Hall–Kier alpha value is -1.85. The van der Waals surface area contributed by atoms with Crippen LogP contribution in [0.1, 0.15) is 11.3 Å². The molecule has 23 heavy (non-hydrogen) atoms. The minimum absolute atomic E-state index is 0.149. The van der Waals surface area contributed by atoms with Gasteiger partial charge in [0, 0.05) is 12.4 Å². The van der Waals surface area contributed by atoms with Crippen LogP contribution < -0.4 is 10.3 Å². The lowest BCUT2D eigenvalue weighted by Crippen LogP contribution is -2.18. The second-order valence-corrected chi connectivity index (χ2v) is 6.42. The van der Waals surface area contributed by atoms with E-state index in [1.54, 1.807) is 13.1 Å². The number of nitrogens with zero attached hydrogens (tertiary/aromatic N) is 2. The van der Waals surface area contributed by atoms with Crippen LogP contribution in [0.25, 0.3) is 10.9 Å². The van der Waals surface area contributed by atoms with Crippen molar-refractivity contribution in [2.45, 2.75) is 13.5 Å². The van der Waals surface area contributed by atoms with Crippen LogP contribution in [0.2, 0.25) is 5.15 Å². The molecule has 0 amide bonds. The van der Waals surface area contributed by atoms with Gasteiger partial charge in [0.15, 0.2) is 5.75 Å². The summed E-state index contributed by atoms with van der Waals surface area (Å²) in [6.07, 6.45) is 0. The number of halogens is 2. The monoisotopic (exact) mass is 392 g/mol. The van der Waals surface area contributed by atoms with Gasteiger partial charge in [0.1, 0.15) is 11.8 Å². The third-order valence-corrected chi connectivity index (χ3v) is 4.48. The summed E-state index contributed by atoms with van der Waals surface area (Å²) < 4.78 is 7.94. The quantitative estimate of drug-likeness (QED) is 0.625. The Morgan fingerprint density at radius 3 is 2.70 bits per heavy atom. The summed E-state index contributed by atoms with van der Waals surface area (Å²) in [4.78, 5) is 16.6. The van der Waals surface area contributed by atoms with E-state index in [0.29, 0.717) is 38.6 Å². The van der Waals surface area contributed by atoms with E-state index >= 15 is 0 Å². The molecule has 0 N–H and O–H groups in total. The maximum atomic E-state index is 12.2. The van der Waals surface area contributed by atoms with Crippen molar-refractivity contribution < 1.29 is 4.74 Å². The van der Waals surface area contributed by atoms with Crippen LogP contribution in [-0.4, -0.2) is 9.55 Å². The fraction of sp³-hybridized carbons (Fsp3) is 0.176. The van der Waals surface area contributed by atoms with Crippen LogP contribution in [0.5, 0.6) is 5.75 Å². The highest BCUT2D eigenvalue weighted by Gasteiger charge is 2.17. The highest BCUT2D eigenvalue weighted by Crippen LogP contribution is 2.33. The highest BCUT2D eigenvalue weighted by atomic mass is 79.9. The second kappa shape index (κ2) is 6.34. The molecule has 6 heteroatoms. The van der Waals surface area contributed by atoms with E-state index in [-0.39, 0.29) is 5.56 Å². The molecule has 4 nitrogen and oxygen atoms in total. The molecular weight excluding hydrogens is 380 g/mol. The average molecular weight is 394 g/mol. The Morgan fingerprint density at radius 2 is 2.00 bits per heavy atom. The first-order valence-electron chi connectivity index (χ1n) is 7.01. The third kappa shape index (κ3) is 2.99. The fourth-order valence-electron chi connectivity index (χ4n) is 2.46. The first-order chi connectivity index (χ1) is 11.0.